The van der Waals surface area contributed by atoms with Crippen LogP contribution in [0.1, 0.15) is 23.4 Å². The molecule has 0 saturated carbocycles. The molecule has 0 amide bonds. The van der Waals surface area contributed by atoms with Gasteiger partial charge in [-0.05, 0) is 43.7 Å². The summed E-state index contributed by atoms with van der Waals surface area (Å²) in [4.78, 5) is 11.5. The second-order valence-electron chi connectivity index (χ2n) is 4.68. The van der Waals surface area contributed by atoms with E-state index in [9.17, 15) is 0 Å². The molecule has 3 aromatic rings. The number of thiophene rings is 1. The molecule has 0 unspecified atom stereocenters. The fourth-order valence-corrected chi connectivity index (χ4v) is 3.03. The van der Waals surface area contributed by atoms with Crippen LogP contribution in [-0.2, 0) is 0 Å². The largest absolute Gasteiger partial charge is 0.324 e. The van der Waals surface area contributed by atoms with E-state index < -0.39 is 0 Å². The van der Waals surface area contributed by atoms with E-state index in [4.69, 9.17) is 10.7 Å². The van der Waals surface area contributed by atoms with Crippen LogP contribution < -0.4 is 5.73 Å². The Morgan fingerprint density at radius 2 is 2.11 bits per heavy atom. The predicted molar refractivity (Wildman–Crippen MR) is 80.2 cm³/mol. The van der Waals surface area contributed by atoms with Gasteiger partial charge in [-0.15, -0.1) is 11.3 Å². The lowest BCUT2D eigenvalue weighted by atomic mass is 10.0. The number of nitrogens with two attached hydrogens (primary N) is 1. The first-order valence-electron chi connectivity index (χ1n) is 6.23. The highest BCUT2D eigenvalue weighted by molar-refractivity contribution is 7.18. The minimum Gasteiger partial charge on any atom is -0.324 e. The molecule has 0 radical (unpaired) electrons. The van der Waals surface area contributed by atoms with Crippen molar-refractivity contribution >= 4 is 21.6 Å². The Balaban J connectivity index is 2.29. The van der Waals surface area contributed by atoms with Crippen molar-refractivity contribution in [3.63, 3.8) is 0 Å². The summed E-state index contributed by atoms with van der Waals surface area (Å²) in [5.41, 5.74) is 8.90. The highest BCUT2D eigenvalue weighted by atomic mass is 32.1. The minimum atomic E-state index is -0.0610. The van der Waals surface area contributed by atoms with Crippen LogP contribution in [0.4, 0.5) is 0 Å². The first-order chi connectivity index (χ1) is 9.15. The lowest BCUT2D eigenvalue weighted by molar-refractivity contribution is 0.816. The summed E-state index contributed by atoms with van der Waals surface area (Å²) < 4.78 is 0. The van der Waals surface area contributed by atoms with Gasteiger partial charge in [-0.1, -0.05) is 6.07 Å². The Bertz CT molecular complexity index is 717. The maximum atomic E-state index is 6.09. The zero-order valence-electron chi connectivity index (χ0n) is 10.9. The van der Waals surface area contributed by atoms with Crippen LogP contribution in [0.25, 0.3) is 21.6 Å². The Hall–Kier alpha value is -1.78. The first kappa shape index (κ1) is 12.3. The van der Waals surface area contributed by atoms with Crippen LogP contribution in [0.5, 0.6) is 0 Å². The molecule has 0 aliphatic heterocycles. The van der Waals surface area contributed by atoms with Crippen LogP contribution in [0.3, 0.4) is 0 Å². The molecule has 2 N–H and O–H groups in total. The lowest BCUT2D eigenvalue weighted by Gasteiger charge is -2.11. The summed E-state index contributed by atoms with van der Waals surface area (Å²) in [7, 11) is 0. The molecule has 96 valence electrons. The molecule has 0 aliphatic rings. The normalized spacial score (nSPS) is 12.8. The number of nitrogens with zero attached hydrogens (tertiary/aromatic N) is 2. The van der Waals surface area contributed by atoms with E-state index in [-0.39, 0.29) is 6.04 Å². The van der Waals surface area contributed by atoms with E-state index in [0.29, 0.717) is 0 Å². The number of aryl methyl sites for hydroxylation is 1. The summed E-state index contributed by atoms with van der Waals surface area (Å²) in [5, 5.41) is 1.16. The quantitative estimate of drug-likeness (QED) is 0.772. The van der Waals surface area contributed by atoms with Crippen molar-refractivity contribution in [2.24, 2.45) is 5.73 Å². The number of hydrogen-bond donors (Lipinski definition) is 1. The molecular formula is C15H15N3S. The summed E-state index contributed by atoms with van der Waals surface area (Å²) in [6.07, 6.45) is 1.78. The Labute approximate surface area is 116 Å². The van der Waals surface area contributed by atoms with Crippen LogP contribution in [0.15, 0.2) is 36.5 Å². The van der Waals surface area contributed by atoms with E-state index in [1.165, 1.54) is 4.88 Å². The van der Waals surface area contributed by atoms with E-state index in [1.54, 1.807) is 17.5 Å². The molecule has 0 saturated heterocycles. The van der Waals surface area contributed by atoms with Crippen molar-refractivity contribution in [3.05, 3.63) is 47.0 Å². The summed E-state index contributed by atoms with van der Waals surface area (Å²) in [6, 6.07) is 10.1. The molecule has 4 heteroatoms. The summed E-state index contributed by atoms with van der Waals surface area (Å²) in [5.74, 6) is 0. The van der Waals surface area contributed by atoms with E-state index in [0.717, 1.165) is 27.2 Å². The monoisotopic (exact) mass is 269 g/mol. The Kier molecular flexibility index (Phi) is 3.05. The number of hydrogen-bond acceptors (Lipinski definition) is 4. The average molecular weight is 269 g/mol. The van der Waals surface area contributed by atoms with Crippen molar-refractivity contribution in [2.75, 3.05) is 0 Å². The highest BCUT2D eigenvalue weighted by Gasteiger charge is 2.14. The molecule has 3 rings (SSSR count). The van der Waals surface area contributed by atoms with Gasteiger partial charge in [0.15, 0.2) is 0 Å². The van der Waals surface area contributed by atoms with Gasteiger partial charge in [0.25, 0.3) is 0 Å². The van der Waals surface area contributed by atoms with Crippen LogP contribution in [-0.4, -0.2) is 9.97 Å². The second kappa shape index (κ2) is 4.72. The average Bonchev–Trinajstić information content (AvgIpc) is 2.77. The van der Waals surface area contributed by atoms with Gasteiger partial charge in [0.1, 0.15) is 4.83 Å². The highest BCUT2D eigenvalue weighted by Crippen LogP contribution is 2.31. The van der Waals surface area contributed by atoms with Crippen molar-refractivity contribution in [2.45, 2.75) is 19.9 Å². The number of rotatable bonds is 2. The number of fused-ring (bicyclic) bond motifs is 1. The van der Waals surface area contributed by atoms with Gasteiger partial charge in [-0.2, -0.15) is 0 Å². The minimum absolute atomic E-state index is 0.0610. The molecule has 0 spiro atoms. The van der Waals surface area contributed by atoms with Crippen molar-refractivity contribution in [1.82, 2.24) is 9.97 Å². The van der Waals surface area contributed by atoms with E-state index in [1.807, 2.05) is 25.1 Å². The van der Waals surface area contributed by atoms with Crippen molar-refractivity contribution in [1.29, 1.82) is 0 Å². The summed E-state index contributed by atoms with van der Waals surface area (Å²) >= 11 is 1.70. The maximum Gasteiger partial charge on any atom is 0.124 e. The van der Waals surface area contributed by atoms with Gasteiger partial charge in [0.2, 0.25) is 0 Å². The zero-order valence-corrected chi connectivity index (χ0v) is 11.7. The van der Waals surface area contributed by atoms with Crippen molar-refractivity contribution in [3.8, 4) is 11.4 Å². The van der Waals surface area contributed by atoms with E-state index >= 15 is 0 Å². The fourth-order valence-electron chi connectivity index (χ4n) is 2.17. The SMILES string of the molecule is Cc1cc2cc([C@H](C)N)c(-c3ccccn3)nc2s1. The smallest absolute Gasteiger partial charge is 0.124 e. The van der Waals surface area contributed by atoms with Crippen LogP contribution in [0.2, 0.25) is 0 Å². The molecule has 0 bridgehead atoms. The predicted octanol–water partition coefficient (Wildman–Crippen LogP) is 3.69. The standard InChI is InChI=1S/C15H15N3S/c1-9-7-11-8-12(10(2)16)14(18-15(11)19-9)13-5-3-4-6-17-13/h3-8,10H,16H2,1-2H3/t10-/m0/s1. The van der Waals surface area contributed by atoms with Crippen LogP contribution >= 0.6 is 11.3 Å². The van der Waals surface area contributed by atoms with Gasteiger partial charge in [-0.3, -0.25) is 4.98 Å². The van der Waals surface area contributed by atoms with Gasteiger partial charge in [0, 0.05) is 22.5 Å². The number of aromatic nitrogens is 2. The van der Waals surface area contributed by atoms with Crippen LogP contribution in [0, 0.1) is 6.92 Å². The zero-order chi connectivity index (χ0) is 13.4. The molecular weight excluding hydrogens is 254 g/mol. The third-order valence-corrected chi connectivity index (χ3v) is 4.02. The second-order valence-corrected chi connectivity index (χ2v) is 5.92. The van der Waals surface area contributed by atoms with Gasteiger partial charge in [0.05, 0.1) is 11.4 Å². The van der Waals surface area contributed by atoms with E-state index in [2.05, 4.69) is 24.0 Å². The molecule has 3 aromatic heterocycles. The molecule has 0 aliphatic carbocycles. The van der Waals surface area contributed by atoms with Gasteiger partial charge < -0.3 is 5.73 Å². The Morgan fingerprint density at radius 1 is 1.26 bits per heavy atom. The van der Waals surface area contributed by atoms with Gasteiger partial charge >= 0.3 is 0 Å². The molecule has 0 aromatic carbocycles. The van der Waals surface area contributed by atoms with Gasteiger partial charge in [-0.25, -0.2) is 4.98 Å². The molecule has 0 fully saturated rings. The lowest BCUT2D eigenvalue weighted by Crippen LogP contribution is -2.08. The Morgan fingerprint density at radius 3 is 2.79 bits per heavy atom. The van der Waals surface area contributed by atoms with Crippen molar-refractivity contribution < 1.29 is 0 Å². The molecule has 3 nitrogen and oxygen atoms in total. The molecule has 1 atom stereocenters. The first-order valence-corrected chi connectivity index (χ1v) is 7.05. The maximum absolute atomic E-state index is 6.09. The third kappa shape index (κ3) is 2.25. The summed E-state index contributed by atoms with van der Waals surface area (Å²) in [6.45, 7) is 4.08. The third-order valence-electron chi connectivity index (χ3n) is 3.06. The fraction of sp³-hybridized carbons (Fsp3) is 0.200. The molecule has 3 heterocycles. The molecule has 19 heavy (non-hydrogen) atoms. The number of pyridine rings is 2. The topological polar surface area (TPSA) is 51.8 Å².